The van der Waals surface area contributed by atoms with E-state index in [1.54, 1.807) is 16.8 Å². The van der Waals surface area contributed by atoms with Gasteiger partial charge in [0.2, 0.25) is 5.91 Å². The van der Waals surface area contributed by atoms with Crippen LogP contribution in [0.25, 0.3) is 0 Å². The van der Waals surface area contributed by atoms with Crippen LogP contribution in [0.5, 0.6) is 0 Å². The minimum absolute atomic E-state index is 0.00503. The van der Waals surface area contributed by atoms with Gasteiger partial charge in [-0.05, 0) is 13.0 Å². The maximum Gasteiger partial charge on any atom is 0.222 e. The summed E-state index contributed by atoms with van der Waals surface area (Å²) in [7, 11) is 0. The molecule has 15 heavy (non-hydrogen) atoms. The van der Waals surface area contributed by atoms with Crippen molar-refractivity contribution in [1.82, 2.24) is 10.3 Å². The molecule has 1 rings (SSSR count). The van der Waals surface area contributed by atoms with Gasteiger partial charge in [0.25, 0.3) is 0 Å². The molecule has 1 unspecified atom stereocenters. The predicted molar refractivity (Wildman–Crippen MR) is 61.7 cm³/mol. The molecule has 1 aromatic heterocycles. The van der Waals surface area contributed by atoms with E-state index in [1.165, 1.54) is 0 Å². The molecule has 4 nitrogen and oxygen atoms in total. The smallest absolute Gasteiger partial charge is 0.222 e. The van der Waals surface area contributed by atoms with Gasteiger partial charge in [-0.15, -0.1) is 11.3 Å². The zero-order chi connectivity index (χ0) is 11.1. The minimum Gasteiger partial charge on any atom is -0.355 e. The number of hydrogen-bond donors (Lipinski definition) is 2. The zero-order valence-electron chi connectivity index (χ0n) is 8.90. The van der Waals surface area contributed by atoms with E-state index in [-0.39, 0.29) is 11.8 Å². The molecule has 1 amide bonds. The van der Waals surface area contributed by atoms with Crippen molar-refractivity contribution in [3.05, 3.63) is 16.6 Å². The molecule has 0 saturated carbocycles. The van der Waals surface area contributed by atoms with Crippen molar-refractivity contribution >= 4 is 17.2 Å². The molecule has 0 aliphatic heterocycles. The zero-order valence-corrected chi connectivity index (χ0v) is 9.72. The van der Waals surface area contributed by atoms with Crippen molar-refractivity contribution in [1.29, 1.82) is 0 Å². The third-order valence-corrected chi connectivity index (χ3v) is 2.85. The van der Waals surface area contributed by atoms with Crippen molar-refractivity contribution in [2.45, 2.75) is 19.8 Å². The van der Waals surface area contributed by atoms with Gasteiger partial charge in [0.1, 0.15) is 0 Å². The number of carbonyl (C=O) groups is 1. The molecule has 5 heteroatoms. The average Bonchev–Trinajstić information content (AvgIpc) is 2.71. The second-order valence-corrected chi connectivity index (χ2v) is 4.22. The number of carbonyl (C=O) groups excluding carboxylic acids is 1. The van der Waals surface area contributed by atoms with Gasteiger partial charge < -0.3 is 11.1 Å². The highest BCUT2D eigenvalue weighted by Gasteiger charge is 2.10. The maximum absolute atomic E-state index is 11.5. The first-order chi connectivity index (χ1) is 7.24. The summed E-state index contributed by atoms with van der Waals surface area (Å²) in [4.78, 5) is 15.6. The lowest BCUT2D eigenvalue weighted by Gasteiger charge is -2.10. The van der Waals surface area contributed by atoms with E-state index in [2.05, 4.69) is 10.3 Å². The molecule has 0 fully saturated rings. The molecular weight excluding hydrogens is 210 g/mol. The van der Waals surface area contributed by atoms with Crippen LogP contribution in [0.15, 0.2) is 10.9 Å². The number of nitrogens with one attached hydrogen (secondary N) is 1. The Morgan fingerprint density at radius 2 is 2.53 bits per heavy atom. The van der Waals surface area contributed by atoms with Crippen molar-refractivity contribution in [3.8, 4) is 0 Å². The van der Waals surface area contributed by atoms with Gasteiger partial charge in [0.15, 0.2) is 0 Å². The van der Waals surface area contributed by atoms with Gasteiger partial charge in [-0.1, -0.05) is 6.92 Å². The summed E-state index contributed by atoms with van der Waals surface area (Å²) in [5, 5.41) is 4.87. The number of nitrogens with zero attached hydrogens (tertiary/aromatic N) is 1. The Hall–Kier alpha value is -0.940. The number of amides is 1. The number of nitrogens with two attached hydrogens (primary N) is 1. The molecule has 0 bridgehead atoms. The van der Waals surface area contributed by atoms with Crippen molar-refractivity contribution < 1.29 is 4.79 Å². The van der Waals surface area contributed by atoms with Crippen LogP contribution in [0.4, 0.5) is 0 Å². The number of thiazole rings is 1. The van der Waals surface area contributed by atoms with Crippen LogP contribution >= 0.6 is 11.3 Å². The summed E-state index contributed by atoms with van der Waals surface area (Å²) < 4.78 is 0. The minimum atomic E-state index is 0.00503. The molecule has 1 atom stereocenters. The summed E-state index contributed by atoms with van der Waals surface area (Å²) in [6.45, 7) is 3.10. The fourth-order valence-corrected chi connectivity index (χ4v) is 1.82. The Labute approximate surface area is 93.9 Å². The molecule has 84 valence electrons. The highest BCUT2D eigenvalue weighted by molar-refractivity contribution is 7.07. The fourth-order valence-electron chi connectivity index (χ4n) is 1.23. The summed E-state index contributed by atoms with van der Waals surface area (Å²) in [6, 6.07) is 0. The van der Waals surface area contributed by atoms with Crippen molar-refractivity contribution in [3.63, 3.8) is 0 Å². The number of aromatic nitrogens is 1. The molecule has 0 aliphatic rings. The lowest BCUT2D eigenvalue weighted by molar-refractivity contribution is -0.124. The van der Waals surface area contributed by atoms with E-state index in [9.17, 15) is 4.79 Å². The number of rotatable bonds is 6. The van der Waals surface area contributed by atoms with Crippen LogP contribution in [0, 0.1) is 5.92 Å². The lowest BCUT2D eigenvalue weighted by Crippen LogP contribution is -2.31. The lowest BCUT2D eigenvalue weighted by atomic mass is 10.1. The first-order valence-corrected chi connectivity index (χ1v) is 6.03. The van der Waals surface area contributed by atoms with E-state index < -0.39 is 0 Å². The van der Waals surface area contributed by atoms with Crippen LogP contribution < -0.4 is 11.1 Å². The second-order valence-electron chi connectivity index (χ2n) is 3.50. The van der Waals surface area contributed by atoms with Crippen LogP contribution in [0.1, 0.15) is 19.0 Å². The first kappa shape index (κ1) is 12.1. The van der Waals surface area contributed by atoms with Crippen LogP contribution in [-0.4, -0.2) is 24.0 Å². The fraction of sp³-hybridized carbons (Fsp3) is 0.600. The first-order valence-electron chi connectivity index (χ1n) is 5.09. The number of hydrogen-bond acceptors (Lipinski definition) is 4. The molecular formula is C10H17N3OS. The quantitative estimate of drug-likeness (QED) is 0.755. The molecule has 0 spiro atoms. The summed E-state index contributed by atoms with van der Waals surface area (Å²) in [5.74, 6) is 0.0844. The Morgan fingerprint density at radius 3 is 3.13 bits per heavy atom. The van der Waals surface area contributed by atoms with E-state index in [0.717, 1.165) is 18.5 Å². The van der Waals surface area contributed by atoms with Gasteiger partial charge in [-0.25, -0.2) is 4.98 Å². The average molecular weight is 227 g/mol. The monoisotopic (exact) mass is 227 g/mol. The highest BCUT2D eigenvalue weighted by atomic mass is 32.1. The highest BCUT2D eigenvalue weighted by Crippen LogP contribution is 2.02. The van der Waals surface area contributed by atoms with Crippen LogP contribution in [0.3, 0.4) is 0 Å². The standard InChI is InChI=1S/C10H17N3OS/c1-8(2-4-11)10(14)12-5-3-9-6-15-7-13-9/h6-8H,2-5,11H2,1H3,(H,12,14). The van der Waals surface area contributed by atoms with Crippen LogP contribution in [-0.2, 0) is 11.2 Å². The molecule has 3 N–H and O–H groups in total. The third-order valence-electron chi connectivity index (χ3n) is 2.21. The molecule has 0 aromatic carbocycles. The molecule has 0 aliphatic carbocycles. The van der Waals surface area contributed by atoms with Crippen LogP contribution in [0.2, 0.25) is 0 Å². The van der Waals surface area contributed by atoms with E-state index >= 15 is 0 Å². The van der Waals surface area contributed by atoms with Gasteiger partial charge in [-0.2, -0.15) is 0 Å². The van der Waals surface area contributed by atoms with E-state index in [4.69, 9.17) is 5.73 Å². The summed E-state index contributed by atoms with van der Waals surface area (Å²) in [6.07, 6.45) is 1.53. The Balaban J connectivity index is 2.17. The van der Waals surface area contributed by atoms with Gasteiger partial charge >= 0.3 is 0 Å². The Morgan fingerprint density at radius 1 is 1.73 bits per heavy atom. The van der Waals surface area contributed by atoms with E-state index in [0.29, 0.717) is 13.1 Å². The van der Waals surface area contributed by atoms with Gasteiger partial charge in [0, 0.05) is 24.3 Å². The topological polar surface area (TPSA) is 68.0 Å². The Bertz CT molecular complexity index is 287. The Kier molecular flexibility index (Phi) is 5.28. The van der Waals surface area contributed by atoms with Gasteiger partial charge in [-0.3, -0.25) is 4.79 Å². The second kappa shape index (κ2) is 6.53. The van der Waals surface area contributed by atoms with Gasteiger partial charge in [0.05, 0.1) is 11.2 Å². The molecule has 1 aromatic rings. The largest absolute Gasteiger partial charge is 0.355 e. The SMILES string of the molecule is CC(CCN)C(=O)NCCc1cscn1. The molecule has 1 heterocycles. The van der Waals surface area contributed by atoms with Crippen molar-refractivity contribution in [2.75, 3.05) is 13.1 Å². The van der Waals surface area contributed by atoms with Crippen molar-refractivity contribution in [2.24, 2.45) is 11.7 Å². The normalized spacial score (nSPS) is 12.4. The summed E-state index contributed by atoms with van der Waals surface area (Å²) in [5.41, 5.74) is 8.22. The third kappa shape index (κ3) is 4.40. The summed E-state index contributed by atoms with van der Waals surface area (Å²) >= 11 is 1.57. The van der Waals surface area contributed by atoms with E-state index in [1.807, 2.05) is 12.3 Å². The maximum atomic E-state index is 11.5. The molecule has 0 saturated heterocycles. The molecule has 0 radical (unpaired) electrons. The predicted octanol–water partition coefficient (Wildman–Crippen LogP) is 0.787.